The molecule has 3 N–H and O–H groups in total. The van der Waals surface area contributed by atoms with Gasteiger partial charge in [0.25, 0.3) is 0 Å². The summed E-state index contributed by atoms with van der Waals surface area (Å²) < 4.78 is 13.0. The molecule has 1 fully saturated rings. The second-order valence-corrected chi connectivity index (χ2v) is 8.07. The van der Waals surface area contributed by atoms with Crippen molar-refractivity contribution in [3.63, 3.8) is 0 Å². The largest absolute Gasteiger partial charge is 0.361 e. The molecule has 32 heavy (non-hydrogen) atoms. The summed E-state index contributed by atoms with van der Waals surface area (Å²) in [5.74, 6) is -0.437. The zero-order valence-electron chi connectivity index (χ0n) is 17.9. The Morgan fingerprint density at radius 2 is 1.56 bits per heavy atom. The summed E-state index contributed by atoms with van der Waals surface area (Å²) in [6, 6.07) is 13.9. The van der Waals surface area contributed by atoms with E-state index in [0.717, 1.165) is 38.1 Å². The molecule has 1 aromatic heterocycles. The number of hydrogen-bond acceptors (Lipinski definition) is 4. The van der Waals surface area contributed by atoms with Gasteiger partial charge in [0, 0.05) is 55.5 Å². The Kier molecular flexibility index (Phi) is 7.14. The second kappa shape index (κ2) is 10.4. The van der Waals surface area contributed by atoms with E-state index >= 15 is 0 Å². The van der Waals surface area contributed by atoms with Crippen molar-refractivity contribution in [2.24, 2.45) is 0 Å². The number of rotatable bonds is 8. The molecular formula is C24H28FN5O2. The first kappa shape index (κ1) is 22.0. The van der Waals surface area contributed by atoms with Gasteiger partial charge in [-0.1, -0.05) is 18.2 Å². The molecule has 0 saturated carbocycles. The minimum absolute atomic E-state index is 0.0207. The average molecular weight is 438 g/mol. The maximum absolute atomic E-state index is 13.0. The molecule has 1 saturated heterocycles. The summed E-state index contributed by atoms with van der Waals surface area (Å²) in [4.78, 5) is 31.9. The van der Waals surface area contributed by atoms with Crippen LogP contribution in [-0.2, 0) is 16.0 Å². The van der Waals surface area contributed by atoms with Crippen molar-refractivity contribution in [3.8, 4) is 0 Å². The first-order valence-corrected chi connectivity index (χ1v) is 10.9. The lowest BCUT2D eigenvalue weighted by Crippen LogP contribution is -2.51. The number of amides is 2. The number of benzene rings is 2. The van der Waals surface area contributed by atoms with Crippen molar-refractivity contribution >= 4 is 28.4 Å². The molecule has 3 aromatic rings. The number of nitrogens with one attached hydrogen (secondary N) is 3. The van der Waals surface area contributed by atoms with Crippen LogP contribution in [0.1, 0.15) is 5.56 Å². The Hall–Kier alpha value is -3.23. The molecule has 0 unspecified atom stereocenters. The number of nitrogens with zero attached hydrogens (tertiary/aromatic N) is 2. The highest BCUT2D eigenvalue weighted by atomic mass is 19.1. The number of fused-ring (bicyclic) bond motifs is 1. The number of H-pyrrole nitrogens is 1. The topological polar surface area (TPSA) is 80.5 Å². The van der Waals surface area contributed by atoms with Gasteiger partial charge in [0.15, 0.2) is 0 Å². The van der Waals surface area contributed by atoms with Crippen LogP contribution in [-0.4, -0.2) is 72.4 Å². The predicted molar refractivity (Wildman–Crippen MR) is 123 cm³/mol. The molecule has 2 heterocycles. The van der Waals surface area contributed by atoms with Crippen molar-refractivity contribution in [2.75, 3.05) is 51.1 Å². The van der Waals surface area contributed by atoms with Crippen molar-refractivity contribution in [3.05, 3.63) is 66.1 Å². The molecular weight excluding hydrogens is 409 g/mol. The Morgan fingerprint density at radius 3 is 2.28 bits per heavy atom. The molecule has 2 aromatic carbocycles. The van der Waals surface area contributed by atoms with E-state index in [4.69, 9.17) is 0 Å². The fourth-order valence-electron chi connectivity index (χ4n) is 3.98. The van der Waals surface area contributed by atoms with Gasteiger partial charge in [0.1, 0.15) is 5.82 Å². The summed E-state index contributed by atoms with van der Waals surface area (Å²) in [6.07, 6.45) is 2.79. The van der Waals surface area contributed by atoms with Crippen LogP contribution in [0.4, 0.5) is 10.1 Å². The number of carbonyl (C=O) groups is 2. The van der Waals surface area contributed by atoms with Gasteiger partial charge in [0.2, 0.25) is 11.8 Å². The van der Waals surface area contributed by atoms with Gasteiger partial charge < -0.3 is 15.6 Å². The maximum atomic E-state index is 13.0. The van der Waals surface area contributed by atoms with E-state index in [1.54, 1.807) is 12.1 Å². The van der Waals surface area contributed by atoms with Crippen LogP contribution in [0.5, 0.6) is 0 Å². The third-order valence-corrected chi connectivity index (χ3v) is 5.72. The van der Waals surface area contributed by atoms with E-state index in [0.29, 0.717) is 18.8 Å². The lowest BCUT2D eigenvalue weighted by molar-refractivity contribution is -0.123. The highest BCUT2D eigenvalue weighted by Gasteiger charge is 2.20. The summed E-state index contributed by atoms with van der Waals surface area (Å²) >= 11 is 0. The highest BCUT2D eigenvalue weighted by Crippen LogP contribution is 2.17. The van der Waals surface area contributed by atoms with Gasteiger partial charge >= 0.3 is 0 Å². The highest BCUT2D eigenvalue weighted by molar-refractivity contribution is 5.92. The minimum Gasteiger partial charge on any atom is -0.361 e. The minimum atomic E-state index is -0.332. The normalized spacial score (nSPS) is 15.0. The van der Waals surface area contributed by atoms with Crippen LogP contribution in [0, 0.1) is 5.82 Å². The third-order valence-electron chi connectivity index (χ3n) is 5.72. The van der Waals surface area contributed by atoms with E-state index < -0.39 is 0 Å². The Bertz CT molecular complexity index is 1060. The molecule has 1 aliphatic rings. The Morgan fingerprint density at radius 1 is 0.906 bits per heavy atom. The third kappa shape index (κ3) is 5.93. The number of piperazine rings is 1. The summed E-state index contributed by atoms with van der Waals surface area (Å²) in [6.45, 7) is 4.16. The SMILES string of the molecule is O=C(CN1CCN(CC(=O)Nc2ccc(F)cc2)CC1)NCCc1c[nH]c2ccccc12. The molecule has 0 spiro atoms. The zero-order chi connectivity index (χ0) is 22.3. The van der Waals surface area contributed by atoms with E-state index in [1.807, 2.05) is 24.4 Å². The molecule has 8 heteroatoms. The number of hydrogen-bond donors (Lipinski definition) is 3. The number of aromatic nitrogens is 1. The lowest BCUT2D eigenvalue weighted by atomic mass is 10.1. The van der Waals surface area contributed by atoms with Gasteiger partial charge in [0.05, 0.1) is 13.1 Å². The lowest BCUT2D eigenvalue weighted by Gasteiger charge is -2.33. The molecule has 2 amide bonds. The van der Waals surface area contributed by atoms with Crippen molar-refractivity contribution in [1.82, 2.24) is 20.1 Å². The number of aromatic amines is 1. The molecule has 7 nitrogen and oxygen atoms in total. The molecule has 168 valence electrons. The fourth-order valence-corrected chi connectivity index (χ4v) is 3.98. The molecule has 0 aliphatic carbocycles. The monoisotopic (exact) mass is 437 g/mol. The number of anilines is 1. The number of halogens is 1. The van der Waals surface area contributed by atoms with E-state index in [-0.39, 0.29) is 24.2 Å². The van der Waals surface area contributed by atoms with E-state index in [1.165, 1.54) is 23.1 Å². The van der Waals surface area contributed by atoms with Crippen molar-refractivity contribution < 1.29 is 14.0 Å². The zero-order valence-corrected chi connectivity index (χ0v) is 17.9. The van der Waals surface area contributed by atoms with E-state index in [9.17, 15) is 14.0 Å². The number of carbonyl (C=O) groups excluding carboxylic acids is 2. The molecule has 4 rings (SSSR count). The standard InChI is InChI=1S/C24H28FN5O2/c25-19-5-7-20(8-6-19)28-24(32)17-30-13-11-29(12-14-30)16-23(31)26-10-9-18-15-27-22-4-2-1-3-21(18)22/h1-8,15,27H,9-14,16-17H2,(H,26,31)(H,28,32). The predicted octanol–water partition coefficient (Wildman–Crippen LogP) is 2.22. The van der Waals surface area contributed by atoms with E-state index in [2.05, 4.69) is 31.5 Å². The molecule has 0 radical (unpaired) electrons. The van der Waals surface area contributed by atoms with Crippen LogP contribution in [0.25, 0.3) is 10.9 Å². The van der Waals surface area contributed by atoms with Gasteiger partial charge in [-0.25, -0.2) is 4.39 Å². The number of para-hydroxylation sites is 1. The van der Waals surface area contributed by atoms with Crippen LogP contribution >= 0.6 is 0 Å². The molecule has 0 atom stereocenters. The van der Waals surface area contributed by atoms with Gasteiger partial charge in [-0.3, -0.25) is 19.4 Å². The van der Waals surface area contributed by atoms with Crippen LogP contribution in [0.3, 0.4) is 0 Å². The first-order valence-electron chi connectivity index (χ1n) is 10.9. The van der Waals surface area contributed by atoms with Crippen molar-refractivity contribution in [2.45, 2.75) is 6.42 Å². The summed E-state index contributed by atoms with van der Waals surface area (Å²) in [5, 5.41) is 6.98. The van der Waals surface area contributed by atoms with Gasteiger partial charge in [-0.15, -0.1) is 0 Å². The van der Waals surface area contributed by atoms with Gasteiger partial charge in [-0.2, -0.15) is 0 Å². The average Bonchev–Trinajstić information content (AvgIpc) is 3.20. The first-order chi connectivity index (χ1) is 15.6. The molecule has 0 bridgehead atoms. The van der Waals surface area contributed by atoms with Crippen LogP contribution in [0.15, 0.2) is 54.7 Å². The summed E-state index contributed by atoms with van der Waals surface area (Å²) in [7, 11) is 0. The maximum Gasteiger partial charge on any atom is 0.238 e. The second-order valence-electron chi connectivity index (χ2n) is 8.07. The van der Waals surface area contributed by atoms with Crippen LogP contribution in [0.2, 0.25) is 0 Å². The van der Waals surface area contributed by atoms with Crippen LogP contribution < -0.4 is 10.6 Å². The Labute approximate surface area is 186 Å². The summed E-state index contributed by atoms with van der Waals surface area (Å²) in [5.41, 5.74) is 2.89. The van der Waals surface area contributed by atoms with Crippen molar-refractivity contribution in [1.29, 1.82) is 0 Å². The smallest absolute Gasteiger partial charge is 0.238 e. The quantitative estimate of drug-likeness (QED) is 0.505. The molecule has 1 aliphatic heterocycles. The Balaban J connectivity index is 1.13. The van der Waals surface area contributed by atoms with Gasteiger partial charge in [-0.05, 0) is 42.3 Å². The fraction of sp³-hybridized carbons (Fsp3) is 0.333.